The monoisotopic (exact) mass is 644 g/mol. The number of imidazole rings is 1. The molecule has 4 aromatic rings. The maximum absolute atomic E-state index is 13.2. The molecular formula is C35H44N6O4S. The van der Waals surface area contributed by atoms with Gasteiger partial charge in [0.1, 0.15) is 11.6 Å². The molecule has 46 heavy (non-hydrogen) atoms. The van der Waals surface area contributed by atoms with Gasteiger partial charge in [0.25, 0.3) is 0 Å². The van der Waals surface area contributed by atoms with Gasteiger partial charge in [-0.2, -0.15) is 0 Å². The minimum absolute atomic E-state index is 0.232. The molecule has 0 spiro atoms. The summed E-state index contributed by atoms with van der Waals surface area (Å²) in [4.78, 5) is 27.5. The summed E-state index contributed by atoms with van der Waals surface area (Å²) in [5.74, 6) is 1.42. The van der Waals surface area contributed by atoms with Gasteiger partial charge in [-0.3, -0.25) is 4.90 Å². The lowest BCUT2D eigenvalue weighted by Gasteiger charge is -2.35. The number of hydrogen-bond donors (Lipinski definition) is 1. The minimum atomic E-state index is -3.74. The Kier molecular flexibility index (Phi) is 10.2. The van der Waals surface area contributed by atoms with Crippen LogP contribution < -0.4 is 9.62 Å². The predicted molar refractivity (Wildman–Crippen MR) is 180 cm³/mol. The fourth-order valence-electron chi connectivity index (χ4n) is 5.83. The summed E-state index contributed by atoms with van der Waals surface area (Å²) in [5.41, 5.74) is 2.97. The highest BCUT2D eigenvalue weighted by Gasteiger charge is 2.28. The molecule has 2 aromatic carbocycles. The second kappa shape index (κ2) is 14.1. The molecule has 0 saturated carbocycles. The van der Waals surface area contributed by atoms with E-state index < -0.39 is 21.5 Å². The lowest BCUT2D eigenvalue weighted by Crippen LogP contribution is -2.46. The van der Waals surface area contributed by atoms with Crippen molar-refractivity contribution < 1.29 is 17.9 Å². The molecule has 1 aliphatic heterocycles. The number of piperazine rings is 1. The number of carbonyl (C=O) groups excluding carboxylic acids is 1. The number of esters is 1. The molecule has 0 radical (unpaired) electrons. The Bertz CT molecular complexity index is 1740. The SMILES string of the molecule is CCCc1nc(CN2CCN(c3ccccn3)CC2)c(C(=O)OC)n1Cc1ccc(-c2ccccc2S(=O)(=O)NC(C)(C)C)cc1. The lowest BCUT2D eigenvalue weighted by molar-refractivity contribution is 0.0585. The van der Waals surface area contributed by atoms with Crippen LogP contribution >= 0.6 is 0 Å². The number of sulfonamides is 1. The fourth-order valence-corrected chi connectivity index (χ4v) is 7.48. The normalized spacial score (nSPS) is 14.4. The third kappa shape index (κ3) is 7.83. The highest BCUT2D eigenvalue weighted by Crippen LogP contribution is 2.29. The van der Waals surface area contributed by atoms with Crippen LogP contribution in [0, 0.1) is 0 Å². The van der Waals surface area contributed by atoms with E-state index in [1.165, 1.54) is 7.11 Å². The molecule has 10 nitrogen and oxygen atoms in total. The van der Waals surface area contributed by atoms with Crippen molar-refractivity contribution in [3.05, 3.63) is 95.7 Å². The van der Waals surface area contributed by atoms with Crippen molar-refractivity contribution in [1.29, 1.82) is 0 Å². The van der Waals surface area contributed by atoms with Crippen LogP contribution in [0.1, 0.15) is 61.7 Å². The summed E-state index contributed by atoms with van der Waals surface area (Å²) in [6.45, 7) is 11.9. The van der Waals surface area contributed by atoms with E-state index in [2.05, 4.69) is 26.4 Å². The Morgan fingerprint density at radius 3 is 2.26 bits per heavy atom. The van der Waals surface area contributed by atoms with Gasteiger partial charge in [-0.15, -0.1) is 0 Å². The molecule has 0 amide bonds. The van der Waals surface area contributed by atoms with Crippen LogP contribution in [0.15, 0.2) is 77.8 Å². The molecule has 0 aliphatic carbocycles. The number of aryl methyl sites for hydroxylation is 1. The Morgan fingerprint density at radius 2 is 1.63 bits per heavy atom. The van der Waals surface area contributed by atoms with Crippen LogP contribution in [0.2, 0.25) is 0 Å². The molecule has 244 valence electrons. The van der Waals surface area contributed by atoms with Gasteiger partial charge in [0.05, 0.1) is 17.7 Å². The van der Waals surface area contributed by atoms with Gasteiger partial charge >= 0.3 is 5.97 Å². The maximum atomic E-state index is 13.2. The highest BCUT2D eigenvalue weighted by molar-refractivity contribution is 7.89. The van der Waals surface area contributed by atoms with E-state index >= 15 is 0 Å². The van der Waals surface area contributed by atoms with E-state index in [0.717, 1.165) is 67.5 Å². The minimum Gasteiger partial charge on any atom is -0.464 e. The van der Waals surface area contributed by atoms with E-state index in [9.17, 15) is 13.2 Å². The van der Waals surface area contributed by atoms with Crippen LogP contribution in [0.3, 0.4) is 0 Å². The second-order valence-electron chi connectivity index (χ2n) is 12.7. The number of rotatable bonds is 11. The van der Waals surface area contributed by atoms with Crippen LogP contribution in [0.25, 0.3) is 11.1 Å². The van der Waals surface area contributed by atoms with E-state index in [-0.39, 0.29) is 4.90 Å². The number of aromatic nitrogens is 3. The number of methoxy groups -OCH3 is 1. The second-order valence-corrected chi connectivity index (χ2v) is 14.3. The van der Waals surface area contributed by atoms with Gasteiger partial charge in [-0.1, -0.05) is 55.5 Å². The summed E-state index contributed by atoms with van der Waals surface area (Å²) in [6.07, 6.45) is 3.42. The zero-order valence-corrected chi connectivity index (χ0v) is 28.2. The van der Waals surface area contributed by atoms with Crippen molar-refractivity contribution in [2.75, 3.05) is 38.2 Å². The Morgan fingerprint density at radius 1 is 0.935 bits per heavy atom. The van der Waals surface area contributed by atoms with E-state index in [1.807, 2.05) is 86.1 Å². The number of pyridine rings is 1. The molecule has 5 rings (SSSR count). The molecule has 1 aliphatic rings. The molecule has 0 atom stereocenters. The quantitative estimate of drug-likeness (QED) is 0.224. The maximum Gasteiger partial charge on any atom is 0.356 e. The smallest absolute Gasteiger partial charge is 0.356 e. The van der Waals surface area contributed by atoms with Crippen molar-refractivity contribution in [3.63, 3.8) is 0 Å². The van der Waals surface area contributed by atoms with Crippen LogP contribution in [-0.4, -0.2) is 72.6 Å². The zero-order chi connectivity index (χ0) is 32.9. The Hall–Kier alpha value is -4.06. The van der Waals surface area contributed by atoms with Crippen LogP contribution in [-0.2, 0) is 34.3 Å². The number of carbonyl (C=O) groups is 1. The first kappa shape index (κ1) is 33.3. The zero-order valence-electron chi connectivity index (χ0n) is 27.4. The highest BCUT2D eigenvalue weighted by atomic mass is 32.2. The molecule has 1 fully saturated rings. The number of ether oxygens (including phenoxy) is 1. The molecular weight excluding hydrogens is 600 g/mol. The van der Waals surface area contributed by atoms with E-state index in [0.29, 0.717) is 24.3 Å². The standard InChI is InChI=1S/C35H44N6O4S/c1-6-11-32-37-29(25-39-20-22-40(23-21-39)31-14-9-10-19-36-31)33(34(42)45-5)41(32)24-26-15-17-27(18-16-26)28-12-7-8-13-30(28)46(43,44)38-35(2,3)4/h7-10,12-19,38H,6,11,20-25H2,1-5H3. The number of nitrogens with one attached hydrogen (secondary N) is 1. The average Bonchev–Trinajstić information content (AvgIpc) is 3.36. The molecule has 0 bridgehead atoms. The largest absolute Gasteiger partial charge is 0.464 e. The summed E-state index contributed by atoms with van der Waals surface area (Å²) < 4.78 is 36.5. The fraction of sp³-hybridized carbons (Fsp3) is 0.400. The summed E-state index contributed by atoms with van der Waals surface area (Å²) in [5, 5.41) is 0. The predicted octanol–water partition coefficient (Wildman–Crippen LogP) is 5.13. The number of nitrogens with zero attached hydrogens (tertiary/aromatic N) is 5. The van der Waals surface area contributed by atoms with Crippen molar-refractivity contribution >= 4 is 21.8 Å². The van der Waals surface area contributed by atoms with Gasteiger partial charge in [0, 0.05) is 63.0 Å². The number of hydrogen-bond acceptors (Lipinski definition) is 8. The lowest BCUT2D eigenvalue weighted by atomic mass is 10.0. The molecule has 1 saturated heterocycles. The van der Waals surface area contributed by atoms with Crippen molar-refractivity contribution in [1.82, 2.24) is 24.2 Å². The van der Waals surface area contributed by atoms with Gasteiger partial charge in [-0.25, -0.2) is 27.9 Å². The average molecular weight is 645 g/mol. The molecule has 0 unspecified atom stereocenters. The Balaban J connectivity index is 1.39. The summed E-state index contributed by atoms with van der Waals surface area (Å²) in [7, 11) is -2.33. The van der Waals surface area contributed by atoms with Crippen LogP contribution in [0.4, 0.5) is 5.82 Å². The van der Waals surface area contributed by atoms with Gasteiger partial charge < -0.3 is 14.2 Å². The summed E-state index contributed by atoms with van der Waals surface area (Å²) >= 11 is 0. The van der Waals surface area contributed by atoms with Crippen molar-refractivity contribution in [2.45, 2.75) is 64.1 Å². The summed E-state index contributed by atoms with van der Waals surface area (Å²) in [6, 6.07) is 20.8. The first-order valence-corrected chi connectivity index (χ1v) is 17.2. The van der Waals surface area contributed by atoms with E-state index in [4.69, 9.17) is 9.72 Å². The number of anilines is 1. The first-order chi connectivity index (χ1) is 22.0. The molecule has 3 heterocycles. The van der Waals surface area contributed by atoms with Crippen molar-refractivity contribution in [2.24, 2.45) is 0 Å². The van der Waals surface area contributed by atoms with Crippen molar-refractivity contribution in [3.8, 4) is 11.1 Å². The van der Waals surface area contributed by atoms with Crippen LogP contribution in [0.5, 0.6) is 0 Å². The van der Waals surface area contributed by atoms with Gasteiger partial charge in [0.2, 0.25) is 10.0 Å². The van der Waals surface area contributed by atoms with Gasteiger partial charge in [0.15, 0.2) is 5.69 Å². The number of benzene rings is 2. The third-order valence-corrected chi connectivity index (χ3v) is 9.73. The topological polar surface area (TPSA) is 110 Å². The van der Waals surface area contributed by atoms with Gasteiger partial charge in [-0.05, 0) is 56.5 Å². The Labute approximate surface area is 272 Å². The molecule has 2 aromatic heterocycles. The van der Waals surface area contributed by atoms with E-state index in [1.54, 1.807) is 12.1 Å². The molecule has 1 N–H and O–H groups in total. The molecule has 11 heteroatoms. The third-order valence-electron chi connectivity index (χ3n) is 7.91. The first-order valence-electron chi connectivity index (χ1n) is 15.8.